The second-order valence-corrected chi connectivity index (χ2v) is 16.8. The van der Waals surface area contributed by atoms with E-state index in [1.807, 2.05) is 41.5 Å². The maximum atomic E-state index is 3.43. The predicted molar refractivity (Wildman–Crippen MR) is 174 cm³/mol. The summed E-state index contributed by atoms with van der Waals surface area (Å²) in [6.45, 7) is 0. The molecule has 0 aromatic heterocycles. The van der Waals surface area contributed by atoms with Crippen molar-refractivity contribution in [3.63, 3.8) is 0 Å². The van der Waals surface area contributed by atoms with Crippen LogP contribution in [0.4, 0.5) is 0 Å². The summed E-state index contributed by atoms with van der Waals surface area (Å²) in [4.78, 5) is 0. The van der Waals surface area contributed by atoms with E-state index < -0.39 is 0 Å². The molecular weight excluding hydrogens is 550 g/mol. The van der Waals surface area contributed by atoms with Gasteiger partial charge in [-0.3, -0.25) is 0 Å². The molecule has 0 aliphatic heterocycles. The van der Waals surface area contributed by atoms with Crippen molar-refractivity contribution in [2.24, 2.45) is 0 Å². The average molecular weight is 607 g/mol. The van der Waals surface area contributed by atoms with Gasteiger partial charge >= 0.3 is 0 Å². The van der Waals surface area contributed by atoms with Gasteiger partial charge < -0.3 is 30.3 Å². The molecule has 6 rings (SSSR count). The summed E-state index contributed by atoms with van der Waals surface area (Å²) < 4.78 is 0. The monoisotopic (exact) mass is 606 g/mol. The van der Waals surface area contributed by atoms with Gasteiger partial charge in [0.2, 0.25) is 0 Å². The van der Waals surface area contributed by atoms with Crippen molar-refractivity contribution >= 4 is 17.2 Å². The molecule has 0 spiro atoms. The summed E-state index contributed by atoms with van der Waals surface area (Å²) in [6, 6.07) is 15.3. The van der Waals surface area contributed by atoms with Gasteiger partial charge in [-0.05, 0) is 67.6 Å². The van der Waals surface area contributed by atoms with Crippen molar-refractivity contribution in [1.82, 2.24) is 0 Å². The molecule has 39 heavy (non-hydrogen) atoms. The van der Waals surface area contributed by atoms with E-state index in [0.717, 1.165) is 23.2 Å². The fourth-order valence-corrected chi connectivity index (χ4v) is 13.5. The maximum Gasteiger partial charge on any atom is 0 e. The van der Waals surface area contributed by atoms with Crippen LogP contribution < -0.4 is 0 Å². The zero-order valence-corrected chi connectivity index (χ0v) is 27.8. The zero-order valence-electron chi connectivity index (χ0n) is 24.7. The third-order valence-electron chi connectivity index (χ3n) is 10.6. The van der Waals surface area contributed by atoms with Gasteiger partial charge in [-0.25, -0.2) is 6.07 Å². The van der Waals surface area contributed by atoms with E-state index in [-0.39, 0.29) is 25.0 Å². The van der Waals surface area contributed by atoms with Gasteiger partial charge in [-0.15, -0.1) is 22.7 Å². The van der Waals surface area contributed by atoms with Crippen LogP contribution in [0.1, 0.15) is 163 Å². The molecule has 2 aromatic rings. The number of hydrogen-bond donors (Lipinski definition) is 0. The summed E-state index contributed by atoms with van der Waals surface area (Å²) in [6.07, 6.45) is 31.5. The Hall–Kier alpha value is 0.0795. The van der Waals surface area contributed by atoms with Crippen LogP contribution in [-0.4, -0.2) is 17.5 Å². The van der Waals surface area contributed by atoms with E-state index in [9.17, 15) is 0 Å². The van der Waals surface area contributed by atoms with Crippen molar-refractivity contribution in [2.75, 3.05) is 6.16 Å². The molecule has 4 fully saturated rings. The molecule has 0 amide bonds. The van der Waals surface area contributed by atoms with Gasteiger partial charge in [0, 0.05) is 17.1 Å². The molecule has 2 aromatic carbocycles. The maximum absolute atomic E-state index is 3.43. The summed E-state index contributed by atoms with van der Waals surface area (Å²) in [5.74, 6) is 1.75. The van der Waals surface area contributed by atoms with Crippen LogP contribution in [0.25, 0.3) is 0 Å². The summed E-state index contributed by atoms with van der Waals surface area (Å²) in [7, 11) is 3.61. The largest absolute Gasteiger partial charge is 0.748 e. The SMILES string of the molecule is PC(CP(C1CCCCC1)C1CCCCC1)[c-]1ccc(C2CCCCC2)c1C1CCCCC1.[Fe].[cH-]1[cH-][cH-][cH-][cH-]1. The van der Waals surface area contributed by atoms with Crippen molar-refractivity contribution in [1.29, 1.82) is 0 Å². The molecule has 0 radical (unpaired) electrons. The van der Waals surface area contributed by atoms with Gasteiger partial charge in [-0.2, -0.15) is 17.2 Å². The normalized spacial score (nSPS) is 23.1. The van der Waals surface area contributed by atoms with Crippen LogP contribution in [0.2, 0.25) is 0 Å². The molecule has 0 heterocycles. The Morgan fingerprint density at radius 2 is 1.05 bits per heavy atom. The van der Waals surface area contributed by atoms with E-state index in [4.69, 9.17) is 0 Å². The molecule has 2 atom stereocenters. The molecule has 0 saturated heterocycles. The Balaban J connectivity index is 0.000000530. The third-order valence-corrected chi connectivity index (χ3v) is 15.3. The molecule has 4 aliphatic rings. The predicted octanol–water partition coefficient (Wildman–Crippen LogP) is 12.0. The van der Waals surface area contributed by atoms with Crippen molar-refractivity contribution < 1.29 is 17.1 Å². The fourth-order valence-electron chi connectivity index (χ4n) is 8.55. The fraction of sp³-hybridized carbons (Fsp3) is 0.722. The van der Waals surface area contributed by atoms with Crippen LogP contribution >= 0.6 is 17.2 Å². The number of hydrogen-bond acceptors (Lipinski definition) is 0. The van der Waals surface area contributed by atoms with Crippen molar-refractivity contribution in [3.05, 3.63) is 59.2 Å². The molecule has 4 saturated carbocycles. The second-order valence-electron chi connectivity index (χ2n) is 13.2. The van der Waals surface area contributed by atoms with Crippen LogP contribution in [0.3, 0.4) is 0 Å². The van der Waals surface area contributed by atoms with E-state index >= 15 is 0 Å². The Labute approximate surface area is 255 Å². The molecule has 0 bridgehead atoms. The molecule has 4 aliphatic carbocycles. The minimum atomic E-state index is 0. The first-order valence-corrected chi connectivity index (χ1v) is 19.1. The van der Waals surface area contributed by atoms with Gasteiger partial charge in [0.05, 0.1) is 0 Å². The van der Waals surface area contributed by atoms with Crippen LogP contribution in [0.5, 0.6) is 0 Å². The van der Waals surface area contributed by atoms with Gasteiger partial charge in [0.25, 0.3) is 0 Å². The standard InChI is InChI=1S/C31H51P2.C5H5.Fe/c32-30(23-33(26-17-9-3-10-18-26)27-19-11-4-12-20-27)29-22-21-28(24-13-5-1-6-14-24)31(29)25-15-7-2-8-16-25;1-2-4-5-3-1;/h21-22,24-27,30H,1-20,23,32H2;1-5H;/q-1;-5;. The minimum absolute atomic E-state index is 0. The quantitative estimate of drug-likeness (QED) is 0.167. The van der Waals surface area contributed by atoms with E-state index in [2.05, 4.69) is 21.4 Å². The molecule has 2 unspecified atom stereocenters. The Bertz CT molecular complexity index is 842. The molecule has 3 heteroatoms. The van der Waals surface area contributed by atoms with E-state index in [1.54, 1.807) is 31.2 Å². The van der Waals surface area contributed by atoms with Crippen molar-refractivity contribution in [3.8, 4) is 0 Å². The third kappa shape index (κ3) is 9.03. The Morgan fingerprint density at radius 3 is 1.51 bits per heavy atom. The van der Waals surface area contributed by atoms with Crippen LogP contribution in [0.15, 0.2) is 42.5 Å². The summed E-state index contributed by atoms with van der Waals surface area (Å²) >= 11 is 0. The van der Waals surface area contributed by atoms with Crippen LogP contribution in [0, 0.1) is 0 Å². The van der Waals surface area contributed by atoms with Gasteiger partial charge in [0.15, 0.2) is 0 Å². The van der Waals surface area contributed by atoms with Gasteiger partial charge in [-0.1, -0.05) is 95.8 Å². The Morgan fingerprint density at radius 1 is 0.641 bits per heavy atom. The van der Waals surface area contributed by atoms with E-state index in [0.29, 0.717) is 5.66 Å². The second kappa shape index (κ2) is 17.3. The summed E-state index contributed by atoms with van der Waals surface area (Å²) in [5, 5.41) is 0. The first-order valence-electron chi connectivity index (χ1n) is 16.8. The first-order chi connectivity index (χ1) is 18.8. The average Bonchev–Trinajstić information content (AvgIpc) is 3.72. The smallest absolute Gasteiger partial charge is 0 e. The first kappa shape index (κ1) is 32.0. The van der Waals surface area contributed by atoms with Crippen LogP contribution in [-0.2, 0) is 17.1 Å². The van der Waals surface area contributed by atoms with Crippen molar-refractivity contribution in [2.45, 2.75) is 157 Å². The van der Waals surface area contributed by atoms with Gasteiger partial charge in [0.1, 0.15) is 0 Å². The minimum Gasteiger partial charge on any atom is -0.748 e. The van der Waals surface area contributed by atoms with E-state index in [1.165, 1.54) is 109 Å². The molecule has 0 nitrogen and oxygen atoms in total. The topological polar surface area (TPSA) is 0 Å². The molecule has 0 N–H and O–H groups in total. The molecule has 224 valence electrons. The number of rotatable bonds is 7. The Kier molecular flexibility index (Phi) is 14.2. The zero-order chi connectivity index (χ0) is 26.0. The summed E-state index contributed by atoms with van der Waals surface area (Å²) in [5.41, 5.74) is 8.41. The molecular formula is C36H56FeP2-6.